The van der Waals surface area contributed by atoms with Gasteiger partial charge in [-0.1, -0.05) is 117 Å². The van der Waals surface area contributed by atoms with Crippen molar-refractivity contribution in [2.24, 2.45) is 0 Å². The third-order valence-electron chi connectivity index (χ3n) is 5.81. The van der Waals surface area contributed by atoms with Crippen LogP contribution < -0.4 is 51.4 Å². The molecule has 1 N–H and O–H groups in total. The topological polar surface area (TPSA) is 77.4 Å². The second-order valence-corrected chi connectivity index (χ2v) is 10.2. The fraction of sp³-hybridized carbons (Fsp3) is 1.00. The van der Waals surface area contributed by atoms with E-state index in [2.05, 4.69) is 13.8 Å². The van der Waals surface area contributed by atoms with Crippen molar-refractivity contribution in [3.8, 4) is 0 Å². The van der Waals surface area contributed by atoms with Gasteiger partial charge in [0.25, 0.3) is 0 Å². The summed E-state index contributed by atoms with van der Waals surface area (Å²) in [5, 5.41) is 10.4. The van der Waals surface area contributed by atoms with Gasteiger partial charge >= 0.3 is 51.4 Å². The van der Waals surface area contributed by atoms with E-state index in [-0.39, 0.29) is 64.2 Å². The molecule has 6 heteroatoms. The first-order chi connectivity index (χ1) is 13.4. The minimum Gasteiger partial charge on any atom is -0.746 e. The van der Waals surface area contributed by atoms with Crippen LogP contribution in [0.1, 0.15) is 142 Å². The zero-order chi connectivity index (χ0) is 21.1. The van der Waals surface area contributed by atoms with Gasteiger partial charge in [-0.15, -0.1) is 0 Å². The normalized spacial score (nSPS) is 13.8. The number of unbranched alkanes of at least 4 members (excludes halogenated alkanes) is 16. The van der Waals surface area contributed by atoms with Crippen molar-refractivity contribution in [2.45, 2.75) is 147 Å². The maximum Gasteiger partial charge on any atom is 1.00 e. The van der Waals surface area contributed by atoms with Crippen molar-refractivity contribution in [1.29, 1.82) is 0 Å². The Morgan fingerprint density at radius 1 is 0.586 bits per heavy atom. The second-order valence-electron chi connectivity index (χ2n) is 8.56. The monoisotopic (exact) mass is 458 g/mol. The Kier molecular flexibility index (Phi) is 24.1. The minimum atomic E-state index is -4.67. The summed E-state index contributed by atoms with van der Waals surface area (Å²) < 4.78 is 34.6. The maximum absolute atomic E-state index is 11.5. The quantitative estimate of drug-likeness (QED) is 0.160. The number of rotatable bonds is 21. The molecule has 0 aromatic carbocycles. The van der Waals surface area contributed by atoms with Crippen LogP contribution in [0.5, 0.6) is 0 Å². The Labute approximate surface area is 224 Å². The summed E-state index contributed by atoms with van der Waals surface area (Å²) in [6.07, 6.45) is 20.6. The SMILES string of the molecule is CCCCCCCCCCCCCCCC(O)(CCCCCCC)S(=O)(=O)[O-].[K+]. The van der Waals surface area contributed by atoms with Gasteiger partial charge in [-0.05, 0) is 25.7 Å². The zero-order valence-electron chi connectivity index (χ0n) is 19.7. The number of hydrogen-bond donors (Lipinski definition) is 1. The molecule has 170 valence electrons. The minimum absolute atomic E-state index is 0. The molecular formula is C23H47KO4S. The van der Waals surface area contributed by atoms with Gasteiger partial charge in [0.2, 0.25) is 0 Å². The molecule has 1 atom stereocenters. The molecule has 0 fully saturated rings. The Bertz CT molecular complexity index is 442. The maximum atomic E-state index is 11.5. The molecule has 29 heavy (non-hydrogen) atoms. The standard InChI is InChI=1S/C23H48O4S.K/c1-3-5-7-9-10-11-12-13-14-15-16-18-20-22-23(24,28(25,26)27)21-19-17-8-6-4-2;/h24H,3-22H2,1-2H3,(H,25,26,27);/q;+1/p-1. The first kappa shape index (κ1) is 32.7. The molecule has 0 saturated carbocycles. The van der Waals surface area contributed by atoms with Gasteiger partial charge in [0.15, 0.2) is 4.93 Å². The first-order valence-electron chi connectivity index (χ1n) is 12.0. The Morgan fingerprint density at radius 2 is 0.828 bits per heavy atom. The van der Waals surface area contributed by atoms with Crippen LogP contribution in [0, 0.1) is 0 Å². The molecule has 0 amide bonds. The third kappa shape index (κ3) is 18.7. The first-order valence-corrected chi connectivity index (χ1v) is 13.5. The molecule has 0 aliphatic rings. The molecule has 0 aliphatic heterocycles. The van der Waals surface area contributed by atoms with Crippen LogP contribution in [0.3, 0.4) is 0 Å². The third-order valence-corrected chi connectivity index (χ3v) is 7.15. The van der Waals surface area contributed by atoms with Crippen LogP contribution in [0.2, 0.25) is 0 Å². The Balaban J connectivity index is 0. The van der Waals surface area contributed by atoms with Crippen LogP contribution in [0.15, 0.2) is 0 Å². The molecule has 0 saturated heterocycles. The largest absolute Gasteiger partial charge is 1.00 e. The number of aliphatic hydroxyl groups is 1. The van der Waals surface area contributed by atoms with E-state index in [9.17, 15) is 18.1 Å². The van der Waals surface area contributed by atoms with Crippen molar-refractivity contribution in [2.75, 3.05) is 0 Å². The van der Waals surface area contributed by atoms with Crippen LogP contribution in [-0.4, -0.2) is 23.0 Å². The van der Waals surface area contributed by atoms with Crippen molar-refractivity contribution in [1.82, 2.24) is 0 Å². The van der Waals surface area contributed by atoms with Gasteiger partial charge in [0, 0.05) is 0 Å². The Hall–Kier alpha value is 1.51. The molecule has 1 unspecified atom stereocenters. The van der Waals surface area contributed by atoms with Gasteiger partial charge < -0.3 is 9.66 Å². The molecule has 0 aromatic heterocycles. The fourth-order valence-corrected chi connectivity index (χ4v) is 4.59. The molecule has 0 aromatic rings. The summed E-state index contributed by atoms with van der Waals surface area (Å²) in [6.45, 7) is 4.36. The summed E-state index contributed by atoms with van der Waals surface area (Å²) in [4.78, 5) is -2.06. The average molecular weight is 459 g/mol. The number of hydrogen-bond acceptors (Lipinski definition) is 4. The van der Waals surface area contributed by atoms with Crippen LogP contribution in [0.25, 0.3) is 0 Å². The van der Waals surface area contributed by atoms with E-state index >= 15 is 0 Å². The fourth-order valence-electron chi connectivity index (χ4n) is 3.80. The molecule has 0 aliphatic carbocycles. The van der Waals surface area contributed by atoms with Crippen LogP contribution in [0.4, 0.5) is 0 Å². The smallest absolute Gasteiger partial charge is 0.746 e. The van der Waals surface area contributed by atoms with E-state index in [4.69, 9.17) is 0 Å². The van der Waals surface area contributed by atoms with E-state index in [1.54, 1.807) is 0 Å². The van der Waals surface area contributed by atoms with E-state index in [1.807, 2.05) is 0 Å². The second kappa shape index (κ2) is 21.4. The summed E-state index contributed by atoms with van der Waals surface area (Å²) in [5.74, 6) is 0. The van der Waals surface area contributed by atoms with Crippen LogP contribution in [-0.2, 0) is 10.1 Å². The predicted octanol–water partition coefficient (Wildman–Crippen LogP) is 4.07. The van der Waals surface area contributed by atoms with Gasteiger partial charge in [-0.3, -0.25) is 0 Å². The Morgan fingerprint density at radius 3 is 1.07 bits per heavy atom. The molecule has 4 nitrogen and oxygen atoms in total. The molecule has 0 spiro atoms. The molecule has 0 bridgehead atoms. The van der Waals surface area contributed by atoms with Crippen LogP contribution >= 0.6 is 0 Å². The molecule has 0 rings (SSSR count). The summed E-state index contributed by atoms with van der Waals surface area (Å²) in [7, 11) is -4.67. The molecule has 0 heterocycles. The summed E-state index contributed by atoms with van der Waals surface area (Å²) in [6, 6.07) is 0. The van der Waals surface area contributed by atoms with E-state index in [0.717, 1.165) is 44.9 Å². The predicted molar refractivity (Wildman–Crippen MR) is 118 cm³/mol. The summed E-state index contributed by atoms with van der Waals surface area (Å²) >= 11 is 0. The van der Waals surface area contributed by atoms with Crippen molar-refractivity contribution in [3.63, 3.8) is 0 Å². The molecule has 0 radical (unpaired) electrons. The van der Waals surface area contributed by atoms with Crippen molar-refractivity contribution < 1.29 is 69.5 Å². The van der Waals surface area contributed by atoms with E-state index < -0.39 is 15.1 Å². The van der Waals surface area contributed by atoms with E-state index in [1.165, 1.54) is 57.8 Å². The van der Waals surface area contributed by atoms with Gasteiger partial charge in [-0.2, -0.15) is 0 Å². The zero-order valence-corrected chi connectivity index (χ0v) is 23.7. The summed E-state index contributed by atoms with van der Waals surface area (Å²) in [5.41, 5.74) is 0. The van der Waals surface area contributed by atoms with E-state index in [0.29, 0.717) is 12.8 Å². The average Bonchev–Trinajstić information content (AvgIpc) is 2.64. The van der Waals surface area contributed by atoms with Gasteiger partial charge in [0.05, 0.1) is 0 Å². The van der Waals surface area contributed by atoms with Gasteiger partial charge in [-0.25, -0.2) is 8.42 Å². The van der Waals surface area contributed by atoms with Gasteiger partial charge in [0.1, 0.15) is 10.1 Å². The van der Waals surface area contributed by atoms with Crippen molar-refractivity contribution >= 4 is 10.1 Å². The molecular weight excluding hydrogens is 411 g/mol. The van der Waals surface area contributed by atoms with Crippen molar-refractivity contribution in [3.05, 3.63) is 0 Å².